The standard InChI is InChI=1S/C10H18O/c11-10-6-5-8-3-1-2-4-9(8)7-10/h8-11H,1-7H2/t8-,9+,10?/m1/s1. The van der Waals surface area contributed by atoms with Gasteiger partial charge in [-0.05, 0) is 31.1 Å². The summed E-state index contributed by atoms with van der Waals surface area (Å²) in [6.45, 7) is 0. The molecule has 0 aromatic heterocycles. The third-order valence-corrected chi connectivity index (χ3v) is 3.51. The van der Waals surface area contributed by atoms with Crippen LogP contribution in [-0.2, 0) is 0 Å². The Bertz CT molecular complexity index is 133. The van der Waals surface area contributed by atoms with Crippen LogP contribution in [0.3, 0.4) is 0 Å². The van der Waals surface area contributed by atoms with Crippen molar-refractivity contribution in [3.05, 3.63) is 0 Å². The first-order chi connectivity index (χ1) is 5.36. The molecule has 2 fully saturated rings. The fraction of sp³-hybridized carbons (Fsp3) is 1.00. The highest BCUT2D eigenvalue weighted by molar-refractivity contribution is 4.82. The van der Waals surface area contributed by atoms with Crippen molar-refractivity contribution in [2.24, 2.45) is 11.8 Å². The summed E-state index contributed by atoms with van der Waals surface area (Å²) in [6.07, 6.45) is 9.19. The maximum absolute atomic E-state index is 9.45. The highest BCUT2D eigenvalue weighted by atomic mass is 16.3. The molecule has 0 aromatic carbocycles. The molecule has 0 aliphatic heterocycles. The van der Waals surface area contributed by atoms with Crippen molar-refractivity contribution in [1.29, 1.82) is 0 Å². The zero-order chi connectivity index (χ0) is 7.68. The van der Waals surface area contributed by atoms with E-state index in [9.17, 15) is 5.11 Å². The fourth-order valence-electron chi connectivity index (χ4n) is 2.85. The normalized spacial score (nSPS) is 45.0. The third-order valence-electron chi connectivity index (χ3n) is 3.51. The molecule has 2 aliphatic rings. The van der Waals surface area contributed by atoms with Crippen molar-refractivity contribution in [3.8, 4) is 0 Å². The van der Waals surface area contributed by atoms with Crippen molar-refractivity contribution in [2.75, 3.05) is 0 Å². The Morgan fingerprint density at radius 2 is 1.55 bits per heavy atom. The van der Waals surface area contributed by atoms with Crippen LogP contribution in [0.25, 0.3) is 0 Å². The first-order valence-electron chi connectivity index (χ1n) is 5.04. The number of fused-ring (bicyclic) bond motifs is 1. The Morgan fingerprint density at radius 3 is 2.36 bits per heavy atom. The van der Waals surface area contributed by atoms with E-state index in [2.05, 4.69) is 0 Å². The summed E-state index contributed by atoms with van der Waals surface area (Å²) in [7, 11) is 0. The maximum Gasteiger partial charge on any atom is 0.0543 e. The fourth-order valence-corrected chi connectivity index (χ4v) is 2.85. The van der Waals surface area contributed by atoms with Gasteiger partial charge in [-0.1, -0.05) is 25.7 Å². The van der Waals surface area contributed by atoms with Crippen molar-refractivity contribution in [1.82, 2.24) is 0 Å². The molecular formula is C10H18O. The summed E-state index contributed by atoms with van der Waals surface area (Å²) >= 11 is 0. The minimum Gasteiger partial charge on any atom is -0.393 e. The van der Waals surface area contributed by atoms with Gasteiger partial charge in [0.15, 0.2) is 0 Å². The highest BCUT2D eigenvalue weighted by Crippen LogP contribution is 2.40. The van der Waals surface area contributed by atoms with Crippen LogP contribution < -0.4 is 0 Å². The van der Waals surface area contributed by atoms with E-state index in [4.69, 9.17) is 0 Å². The topological polar surface area (TPSA) is 20.2 Å². The minimum atomic E-state index is 0.0364. The lowest BCUT2D eigenvalue weighted by atomic mass is 9.70. The summed E-state index contributed by atoms with van der Waals surface area (Å²) in [5, 5.41) is 9.45. The predicted octanol–water partition coefficient (Wildman–Crippen LogP) is 2.34. The maximum atomic E-state index is 9.45. The van der Waals surface area contributed by atoms with Crippen LogP contribution in [0.15, 0.2) is 0 Å². The van der Waals surface area contributed by atoms with Gasteiger partial charge in [0.2, 0.25) is 0 Å². The molecule has 0 saturated heterocycles. The molecule has 1 unspecified atom stereocenters. The Kier molecular flexibility index (Phi) is 2.17. The molecule has 1 heteroatoms. The summed E-state index contributed by atoms with van der Waals surface area (Å²) in [5.41, 5.74) is 0. The summed E-state index contributed by atoms with van der Waals surface area (Å²) in [5.74, 6) is 1.86. The Hall–Kier alpha value is -0.0400. The molecule has 2 saturated carbocycles. The molecule has 11 heavy (non-hydrogen) atoms. The first kappa shape index (κ1) is 7.60. The van der Waals surface area contributed by atoms with Crippen LogP contribution in [0.5, 0.6) is 0 Å². The molecule has 1 N–H and O–H groups in total. The van der Waals surface area contributed by atoms with E-state index in [1.807, 2.05) is 0 Å². The molecule has 64 valence electrons. The van der Waals surface area contributed by atoms with E-state index in [0.717, 1.165) is 24.7 Å². The van der Waals surface area contributed by atoms with Crippen LogP contribution in [0.2, 0.25) is 0 Å². The lowest BCUT2D eigenvalue weighted by Gasteiger charge is -2.37. The van der Waals surface area contributed by atoms with Gasteiger partial charge in [-0.25, -0.2) is 0 Å². The monoisotopic (exact) mass is 154 g/mol. The van der Waals surface area contributed by atoms with Crippen molar-refractivity contribution in [2.45, 2.75) is 51.0 Å². The van der Waals surface area contributed by atoms with Crippen molar-refractivity contribution >= 4 is 0 Å². The van der Waals surface area contributed by atoms with Gasteiger partial charge in [0.1, 0.15) is 0 Å². The van der Waals surface area contributed by atoms with Gasteiger partial charge in [-0.3, -0.25) is 0 Å². The van der Waals surface area contributed by atoms with Gasteiger partial charge in [-0.2, -0.15) is 0 Å². The number of hydrogen-bond donors (Lipinski definition) is 1. The quantitative estimate of drug-likeness (QED) is 0.568. The molecule has 0 aromatic rings. The summed E-state index contributed by atoms with van der Waals surface area (Å²) in [4.78, 5) is 0. The second-order valence-electron chi connectivity index (χ2n) is 4.27. The van der Waals surface area contributed by atoms with Crippen LogP contribution in [0, 0.1) is 11.8 Å². The van der Waals surface area contributed by atoms with E-state index in [1.165, 1.54) is 32.1 Å². The van der Waals surface area contributed by atoms with Crippen molar-refractivity contribution < 1.29 is 5.11 Å². The lowest BCUT2D eigenvalue weighted by Crippen LogP contribution is -2.29. The average Bonchev–Trinajstić information content (AvgIpc) is 2.04. The average molecular weight is 154 g/mol. The smallest absolute Gasteiger partial charge is 0.0543 e. The van der Waals surface area contributed by atoms with Gasteiger partial charge in [0, 0.05) is 0 Å². The Balaban J connectivity index is 1.93. The molecule has 2 aliphatic carbocycles. The van der Waals surface area contributed by atoms with Crippen LogP contribution in [0.1, 0.15) is 44.9 Å². The molecule has 3 atom stereocenters. The highest BCUT2D eigenvalue weighted by Gasteiger charge is 2.30. The lowest BCUT2D eigenvalue weighted by molar-refractivity contribution is 0.0491. The molecule has 0 radical (unpaired) electrons. The van der Waals surface area contributed by atoms with Crippen LogP contribution >= 0.6 is 0 Å². The molecule has 0 amide bonds. The van der Waals surface area contributed by atoms with Gasteiger partial charge in [0.05, 0.1) is 6.10 Å². The van der Waals surface area contributed by atoms with Crippen LogP contribution in [-0.4, -0.2) is 11.2 Å². The number of aliphatic hydroxyl groups is 1. The zero-order valence-electron chi connectivity index (χ0n) is 7.13. The summed E-state index contributed by atoms with van der Waals surface area (Å²) < 4.78 is 0. The second kappa shape index (κ2) is 3.14. The predicted molar refractivity (Wildman–Crippen MR) is 45.3 cm³/mol. The van der Waals surface area contributed by atoms with Gasteiger partial charge < -0.3 is 5.11 Å². The molecule has 1 nitrogen and oxygen atoms in total. The molecular weight excluding hydrogens is 136 g/mol. The number of hydrogen-bond acceptors (Lipinski definition) is 1. The van der Waals surface area contributed by atoms with E-state index in [-0.39, 0.29) is 6.10 Å². The van der Waals surface area contributed by atoms with E-state index >= 15 is 0 Å². The SMILES string of the molecule is OC1CC[C@H]2CCCC[C@H]2C1. The summed E-state index contributed by atoms with van der Waals surface area (Å²) in [6, 6.07) is 0. The van der Waals surface area contributed by atoms with Gasteiger partial charge in [-0.15, -0.1) is 0 Å². The zero-order valence-corrected chi connectivity index (χ0v) is 7.13. The van der Waals surface area contributed by atoms with Crippen LogP contribution in [0.4, 0.5) is 0 Å². The van der Waals surface area contributed by atoms with Gasteiger partial charge in [0.25, 0.3) is 0 Å². The Morgan fingerprint density at radius 1 is 0.818 bits per heavy atom. The number of aliphatic hydroxyl groups excluding tert-OH is 1. The number of rotatable bonds is 0. The van der Waals surface area contributed by atoms with E-state index in [0.29, 0.717) is 0 Å². The van der Waals surface area contributed by atoms with Gasteiger partial charge >= 0.3 is 0 Å². The third kappa shape index (κ3) is 1.58. The van der Waals surface area contributed by atoms with Crippen molar-refractivity contribution in [3.63, 3.8) is 0 Å². The molecule has 0 bridgehead atoms. The Labute approximate surface area is 68.8 Å². The first-order valence-corrected chi connectivity index (χ1v) is 5.04. The van der Waals surface area contributed by atoms with E-state index < -0.39 is 0 Å². The molecule has 2 rings (SSSR count). The second-order valence-corrected chi connectivity index (χ2v) is 4.27. The van der Waals surface area contributed by atoms with E-state index in [1.54, 1.807) is 0 Å². The molecule has 0 heterocycles. The minimum absolute atomic E-state index is 0.0364. The molecule has 0 spiro atoms. The largest absolute Gasteiger partial charge is 0.393 e.